The zero-order valence-electron chi connectivity index (χ0n) is 29.0. The van der Waals surface area contributed by atoms with Gasteiger partial charge in [-0.1, -0.05) is 38.4 Å². The fraction of sp³-hybridized carbons (Fsp3) is 0.389. The van der Waals surface area contributed by atoms with Crippen LogP contribution in [0.15, 0.2) is 61.1 Å². The molecule has 0 spiro atoms. The first-order valence-electron chi connectivity index (χ1n) is 16.4. The minimum absolute atomic E-state index is 0.197. The predicted octanol–water partition coefficient (Wildman–Crippen LogP) is 4.76. The van der Waals surface area contributed by atoms with E-state index in [-0.39, 0.29) is 24.0 Å². The van der Waals surface area contributed by atoms with Crippen LogP contribution in [0.3, 0.4) is 0 Å². The molecule has 4 N–H and O–H groups in total. The summed E-state index contributed by atoms with van der Waals surface area (Å²) in [6.07, 6.45) is 4.44. The Kier molecular flexibility index (Phi) is 11.5. The molecule has 14 heteroatoms. The maximum atomic E-state index is 14.6. The van der Waals surface area contributed by atoms with E-state index in [0.29, 0.717) is 46.1 Å². The minimum Gasteiger partial charge on any atom is -0.494 e. The number of pyridine rings is 1. The van der Waals surface area contributed by atoms with Crippen molar-refractivity contribution in [2.24, 2.45) is 5.41 Å². The van der Waals surface area contributed by atoms with E-state index in [9.17, 15) is 14.4 Å². The molecule has 0 aliphatic carbocycles. The first-order chi connectivity index (χ1) is 23.9. The minimum atomic E-state index is -1.05. The summed E-state index contributed by atoms with van der Waals surface area (Å²) in [5.74, 6) is -0.273. The molecule has 0 saturated carbocycles. The molecule has 3 atom stereocenters. The summed E-state index contributed by atoms with van der Waals surface area (Å²) in [6.45, 7) is 8.11. The van der Waals surface area contributed by atoms with Crippen LogP contribution >= 0.6 is 11.6 Å². The van der Waals surface area contributed by atoms with Gasteiger partial charge in [0.1, 0.15) is 36.3 Å². The number of nitrogens with one attached hydrogen (secondary N) is 4. The van der Waals surface area contributed by atoms with Crippen LogP contribution in [0.25, 0.3) is 10.9 Å². The number of rotatable bonds is 12. The molecule has 1 saturated heterocycles. The Hall–Kier alpha value is -4.85. The highest BCUT2D eigenvalue weighted by atomic mass is 35.5. The summed E-state index contributed by atoms with van der Waals surface area (Å²) in [5.41, 5.74) is 1.33. The maximum absolute atomic E-state index is 14.6. The van der Waals surface area contributed by atoms with E-state index in [1.165, 1.54) is 13.4 Å². The average molecular weight is 703 g/mol. The second-order valence-corrected chi connectivity index (χ2v) is 13.5. The van der Waals surface area contributed by atoms with Crippen molar-refractivity contribution in [2.45, 2.75) is 65.3 Å². The molecule has 2 aromatic heterocycles. The first kappa shape index (κ1) is 36.4. The molecule has 264 valence electrons. The highest BCUT2D eigenvalue weighted by Crippen LogP contribution is 2.38. The van der Waals surface area contributed by atoms with Gasteiger partial charge in [-0.05, 0) is 75.2 Å². The third-order valence-electron chi connectivity index (χ3n) is 8.50. The molecule has 0 bridgehead atoms. The van der Waals surface area contributed by atoms with Crippen LogP contribution in [0.5, 0.6) is 11.5 Å². The van der Waals surface area contributed by atoms with Crippen LogP contribution in [-0.2, 0) is 21.0 Å². The fourth-order valence-electron chi connectivity index (χ4n) is 5.55. The number of fused-ring (bicyclic) bond motifs is 1. The average Bonchev–Trinajstić information content (AvgIpc) is 3.65. The SMILES string of the molecule is CN[C@@H](C)C(=O)N[C@H](C(=O)N(C(=O)[C@@H]1CCCN1)c1cc2c(Nc3ccc(OCc4ccccn4)c(Cl)c3)ncnc2cc1OC)C(C)(C)C. The number of benzene rings is 2. The standard InChI is InChI=1S/C36H43ClN8O5/c1-21(38-5)33(46)44-31(36(2,3)4)35(48)45(34(47)26-11-9-15-40-26)28-17-24-27(18-30(28)49-6)41-20-42-32(24)43-22-12-13-29(25(37)16-22)50-19-23-10-7-8-14-39-23/h7-8,10,12-14,16-18,20-21,26,31,38,40H,9,11,15,19H2,1-6H3,(H,44,46)(H,41,42,43)/t21-,26-,31+/m0/s1. The van der Waals surface area contributed by atoms with Crippen molar-refractivity contribution >= 4 is 57.4 Å². The fourth-order valence-corrected chi connectivity index (χ4v) is 5.79. The summed E-state index contributed by atoms with van der Waals surface area (Å²) in [6, 6.07) is 11.9. The Morgan fingerprint density at radius 1 is 1.08 bits per heavy atom. The maximum Gasteiger partial charge on any atom is 0.257 e. The Balaban J connectivity index is 1.53. The number of halogens is 1. The van der Waals surface area contributed by atoms with Gasteiger partial charge in [-0.15, -0.1) is 0 Å². The summed E-state index contributed by atoms with van der Waals surface area (Å²) >= 11 is 6.59. The quantitative estimate of drug-likeness (QED) is 0.161. The van der Waals surface area contributed by atoms with E-state index in [2.05, 4.69) is 36.2 Å². The van der Waals surface area contributed by atoms with Gasteiger partial charge in [0.2, 0.25) is 5.91 Å². The van der Waals surface area contributed by atoms with Crippen molar-refractivity contribution in [1.82, 2.24) is 30.9 Å². The predicted molar refractivity (Wildman–Crippen MR) is 193 cm³/mol. The Bertz CT molecular complexity index is 1850. The van der Waals surface area contributed by atoms with Gasteiger partial charge in [0.25, 0.3) is 11.8 Å². The zero-order valence-corrected chi connectivity index (χ0v) is 29.8. The van der Waals surface area contributed by atoms with Gasteiger partial charge < -0.3 is 30.7 Å². The molecule has 13 nitrogen and oxygen atoms in total. The largest absolute Gasteiger partial charge is 0.494 e. The van der Waals surface area contributed by atoms with Gasteiger partial charge in [-0.3, -0.25) is 19.4 Å². The van der Waals surface area contributed by atoms with Crippen LogP contribution < -0.4 is 35.6 Å². The van der Waals surface area contributed by atoms with Crippen molar-refractivity contribution in [1.29, 1.82) is 0 Å². The number of carbonyl (C=O) groups excluding carboxylic acids is 3. The van der Waals surface area contributed by atoms with Crippen LogP contribution in [0.1, 0.15) is 46.2 Å². The summed E-state index contributed by atoms with van der Waals surface area (Å²) in [7, 11) is 3.12. The highest BCUT2D eigenvalue weighted by Gasteiger charge is 2.42. The second kappa shape index (κ2) is 15.8. The Morgan fingerprint density at radius 2 is 1.88 bits per heavy atom. The highest BCUT2D eigenvalue weighted by molar-refractivity contribution is 6.32. The molecule has 2 aromatic carbocycles. The molecule has 0 unspecified atom stereocenters. The number of methoxy groups -OCH3 is 1. The lowest BCUT2D eigenvalue weighted by Crippen LogP contribution is -2.60. The molecule has 1 fully saturated rings. The second-order valence-electron chi connectivity index (χ2n) is 13.1. The lowest BCUT2D eigenvalue weighted by molar-refractivity contribution is -0.134. The molecule has 5 rings (SSSR count). The number of carbonyl (C=O) groups is 3. The van der Waals surface area contributed by atoms with E-state index < -0.39 is 35.4 Å². The van der Waals surface area contributed by atoms with Crippen molar-refractivity contribution < 1.29 is 23.9 Å². The van der Waals surface area contributed by atoms with Gasteiger partial charge in [0, 0.05) is 23.3 Å². The molecule has 1 aliphatic heterocycles. The van der Waals surface area contributed by atoms with E-state index in [1.54, 1.807) is 50.5 Å². The van der Waals surface area contributed by atoms with Crippen LogP contribution in [0.2, 0.25) is 5.02 Å². The van der Waals surface area contributed by atoms with Gasteiger partial charge in [0.05, 0.1) is 41.1 Å². The zero-order chi connectivity index (χ0) is 36.0. The lowest BCUT2D eigenvalue weighted by atomic mass is 9.85. The molecule has 1 aliphatic rings. The van der Waals surface area contributed by atoms with E-state index >= 15 is 0 Å². The monoisotopic (exact) mass is 702 g/mol. The number of imide groups is 1. The molecule has 3 heterocycles. The topological polar surface area (TPSA) is 160 Å². The molecular formula is C36H43ClN8O5. The number of hydrogen-bond acceptors (Lipinski definition) is 11. The van der Waals surface area contributed by atoms with E-state index in [4.69, 9.17) is 21.1 Å². The third-order valence-corrected chi connectivity index (χ3v) is 8.79. The number of hydrogen-bond donors (Lipinski definition) is 4. The lowest BCUT2D eigenvalue weighted by Gasteiger charge is -2.36. The van der Waals surface area contributed by atoms with E-state index in [1.807, 2.05) is 39.0 Å². The smallest absolute Gasteiger partial charge is 0.257 e. The first-order valence-corrected chi connectivity index (χ1v) is 16.8. The third kappa shape index (κ3) is 8.29. The normalized spacial score (nSPS) is 15.6. The summed E-state index contributed by atoms with van der Waals surface area (Å²) in [5, 5.41) is 13.2. The molecule has 0 radical (unpaired) electrons. The number of nitrogens with zero attached hydrogens (tertiary/aromatic N) is 4. The van der Waals surface area contributed by atoms with Gasteiger partial charge >= 0.3 is 0 Å². The number of likely N-dealkylation sites (N-methyl/N-ethyl adjacent to an activating group) is 1. The van der Waals surface area contributed by atoms with Gasteiger partial charge in [-0.25, -0.2) is 14.9 Å². The number of aromatic nitrogens is 3. The summed E-state index contributed by atoms with van der Waals surface area (Å²) < 4.78 is 11.6. The molecular weight excluding hydrogens is 660 g/mol. The summed E-state index contributed by atoms with van der Waals surface area (Å²) in [4.78, 5) is 56.3. The molecule has 50 heavy (non-hydrogen) atoms. The van der Waals surface area contributed by atoms with Crippen molar-refractivity contribution in [3.05, 3.63) is 71.8 Å². The molecule has 3 amide bonds. The van der Waals surface area contributed by atoms with Crippen LogP contribution in [0.4, 0.5) is 17.2 Å². The van der Waals surface area contributed by atoms with Crippen LogP contribution in [0, 0.1) is 5.41 Å². The van der Waals surface area contributed by atoms with Gasteiger partial charge in [0.15, 0.2) is 0 Å². The van der Waals surface area contributed by atoms with Crippen molar-refractivity contribution in [3.63, 3.8) is 0 Å². The Labute approximate surface area is 296 Å². The van der Waals surface area contributed by atoms with Crippen molar-refractivity contribution in [3.8, 4) is 11.5 Å². The van der Waals surface area contributed by atoms with Gasteiger partial charge in [-0.2, -0.15) is 0 Å². The Morgan fingerprint density at radius 3 is 2.52 bits per heavy atom. The van der Waals surface area contributed by atoms with Crippen molar-refractivity contribution in [2.75, 3.05) is 30.9 Å². The number of anilines is 3. The van der Waals surface area contributed by atoms with Crippen LogP contribution in [-0.4, -0.2) is 71.5 Å². The number of amides is 3. The molecule has 4 aromatic rings. The number of ether oxygens (including phenoxy) is 2. The van der Waals surface area contributed by atoms with E-state index in [0.717, 1.165) is 17.0 Å².